The van der Waals surface area contributed by atoms with Crippen LogP contribution < -0.4 is 5.32 Å². The van der Waals surface area contributed by atoms with Gasteiger partial charge in [-0.25, -0.2) is 4.79 Å². The highest BCUT2D eigenvalue weighted by molar-refractivity contribution is 5.89. The number of ether oxygens (including phenoxy) is 12. The minimum Gasteiger partial charge on any atom is -0.463 e. The largest absolute Gasteiger partial charge is 0.463 e. The molecule has 0 fully saturated rings. The van der Waals surface area contributed by atoms with Crippen LogP contribution in [0.1, 0.15) is 49.9 Å². The van der Waals surface area contributed by atoms with Crippen LogP contribution in [-0.4, -0.2) is 164 Å². The molecule has 1 aromatic carbocycles. The molecule has 0 bridgehead atoms. The quantitative estimate of drug-likeness (QED) is 0.0768. The zero-order valence-corrected chi connectivity index (χ0v) is 31.6. The summed E-state index contributed by atoms with van der Waals surface area (Å²) in [5.74, 6) is -0.557. The van der Waals surface area contributed by atoms with E-state index in [1.807, 2.05) is 19.1 Å². The smallest absolute Gasteiger partial charge is 0.338 e. The number of esters is 2. The predicted octanol–water partition coefficient (Wildman–Crippen LogP) is 3.56. The van der Waals surface area contributed by atoms with Crippen LogP contribution in [0.5, 0.6) is 0 Å². The van der Waals surface area contributed by atoms with E-state index in [1.54, 1.807) is 12.1 Å². The summed E-state index contributed by atoms with van der Waals surface area (Å²) < 4.78 is 64.8. The van der Waals surface area contributed by atoms with Gasteiger partial charge in [0, 0.05) is 18.7 Å². The van der Waals surface area contributed by atoms with Gasteiger partial charge in [-0.1, -0.05) is 20.3 Å². The van der Waals surface area contributed by atoms with Crippen LogP contribution in [-0.2, 0) is 61.6 Å². The zero-order chi connectivity index (χ0) is 37.4. The van der Waals surface area contributed by atoms with E-state index < -0.39 is 0 Å². The van der Waals surface area contributed by atoms with Crippen LogP contribution in [0.2, 0.25) is 0 Å². The Morgan fingerprint density at radius 2 is 0.769 bits per heavy atom. The van der Waals surface area contributed by atoms with E-state index in [2.05, 4.69) is 12.2 Å². The minimum absolute atomic E-state index is 0.186. The van der Waals surface area contributed by atoms with Crippen molar-refractivity contribution >= 4 is 17.6 Å². The van der Waals surface area contributed by atoms with Crippen molar-refractivity contribution in [2.24, 2.45) is 0 Å². The average molecular weight is 748 g/mol. The van der Waals surface area contributed by atoms with Crippen LogP contribution in [0, 0.1) is 0 Å². The van der Waals surface area contributed by atoms with E-state index in [4.69, 9.17) is 56.8 Å². The monoisotopic (exact) mass is 747 g/mol. The molecule has 15 nitrogen and oxygen atoms in total. The van der Waals surface area contributed by atoms with Gasteiger partial charge in [0.2, 0.25) is 0 Å². The van der Waals surface area contributed by atoms with Crippen molar-refractivity contribution in [1.29, 1.82) is 0 Å². The number of carbonyl (C=O) groups excluding carboxylic acids is 2. The maximum Gasteiger partial charge on any atom is 0.338 e. The number of unbranched alkanes of at least 4 members (excludes halogenated alkanes) is 1. The predicted molar refractivity (Wildman–Crippen MR) is 194 cm³/mol. The summed E-state index contributed by atoms with van der Waals surface area (Å²) in [7, 11) is 0. The first-order valence-electron chi connectivity index (χ1n) is 18.6. The maximum atomic E-state index is 12.1. The third-order valence-corrected chi connectivity index (χ3v) is 6.73. The number of hydrogen-bond acceptors (Lipinski definition) is 15. The lowest BCUT2D eigenvalue weighted by Gasteiger charge is -2.09. The van der Waals surface area contributed by atoms with E-state index in [0.717, 1.165) is 31.5 Å². The lowest BCUT2D eigenvalue weighted by atomic mass is 10.2. The summed E-state index contributed by atoms with van der Waals surface area (Å²) in [5.41, 5.74) is 1.51. The molecule has 0 heterocycles. The van der Waals surface area contributed by atoms with Crippen molar-refractivity contribution < 1.29 is 66.4 Å². The lowest BCUT2D eigenvalue weighted by Crippen LogP contribution is -2.16. The maximum absolute atomic E-state index is 12.1. The van der Waals surface area contributed by atoms with Gasteiger partial charge in [0.1, 0.15) is 13.2 Å². The Hall–Kier alpha value is -2.44. The fraction of sp³-hybridized carbons (Fsp3) is 0.784. The summed E-state index contributed by atoms with van der Waals surface area (Å²) >= 11 is 0. The second-order valence-electron chi connectivity index (χ2n) is 11.1. The summed E-state index contributed by atoms with van der Waals surface area (Å²) in [4.78, 5) is 23.3. The summed E-state index contributed by atoms with van der Waals surface area (Å²) in [6, 6.07) is 7.28. The van der Waals surface area contributed by atoms with E-state index in [9.17, 15) is 9.59 Å². The van der Waals surface area contributed by atoms with Gasteiger partial charge >= 0.3 is 11.9 Å². The minimum atomic E-state index is -0.365. The van der Waals surface area contributed by atoms with Crippen molar-refractivity contribution in [1.82, 2.24) is 0 Å². The highest BCUT2D eigenvalue weighted by Crippen LogP contribution is 2.11. The first kappa shape index (κ1) is 47.6. The molecule has 1 N–H and O–H groups in total. The number of anilines is 1. The molecule has 0 aliphatic rings. The summed E-state index contributed by atoms with van der Waals surface area (Å²) in [6.45, 7) is 14.6. The highest BCUT2D eigenvalue weighted by atomic mass is 16.6. The Morgan fingerprint density at radius 1 is 0.442 bits per heavy atom. The topological polar surface area (TPSA) is 157 Å². The first-order chi connectivity index (χ1) is 25.7. The van der Waals surface area contributed by atoms with Gasteiger partial charge in [0.25, 0.3) is 0 Å². The summed E-state index contributed by atoms with van der Waals surface area (Å²) in [6.07, 6.45) is 3.46. The Labute approximate surface area is 310 Å². The van der Waals surface area contributed by atoms with Crippen LogP contribution >= 0.6 is 0 Å². The molecule has 0 saturated heterocycles. The van der Waals surface area contributed by atoms with Gasteiger partial charge in [-0.05, 0) is 37.1 Å². The van der Waals surface area contributed by atoms with Crippen molar-refractivity contribution in [3.05, 3.63) is 29.8 Å². The molecule has 15 heteroatoms. The van der Waals surface area contributed by atoms with E-state index in [-0.39, 0.29) is 25.2 Å². The third-order valence-electron chi connectivity index (χ3n) is 6.73. The van der Waals surface area contributed by atoms with Gasteiger partial charge in [-0.15, -0.1) is 0 Å². The van der Waals surface area contributed by atoms with Gasteiger partial charge < -0.3 is 62.2 Å². The SMILES string of the molecule is CCCCNc1ccc(C(=O)OCCOCCOCCOCCOCCOCCOCCOCCOCCOCCOCCOC(=O)CCC)cc1. The number of benzene rings is 1. The van der Waals surface area contributed by atoms with Gasteiger partial charge in [0.05, 0.1) is 138 Å². The van der Waals surface area contributed by atoms with E-state index in [0.29, 0.717) is 144 Å². The Bertz CT molecular complexity index is 924. The van der Waals surface area contributed by atoms with E-state index >= 15 is 0 Å². The fourth-order valence-electron chi connectivity index (χ4n) is 3.98. The first-order valence-corrected chi connectivity index (χ1v) is 18.6. The van der Waals surface area contributed by atoms with Crippen molar-refractivity contribution in [2.75, 3.05) is 157 Å². The normalized spacial score (nSPS) is 11.2. The van der Waals surface area contributed by atoms with Crippen LogP contribution in [0.3, 0.4) is 0 Å². The Balaban J connectivity index is 1.69. The van der Waals surface area contributed by atoms with E-state index in [1.165, 1.54) is 0 Å². The molecule has 0 atom stereocenters. The number of carbonyl (C=O) groups is 2. The lowest BCUT2D eigenvalue weighted by molar-refractivity contribution is -0.145. The summed E-state index contributed by atoms with van der Waals surface area (Å²) in [5, 5.41) is 3.32. The van der Waals surface area contributed by atoms with Crippen molar-refractivity contribution in [2.45, 2.75) is 39.5 Å². The molecule has 0 aromatic heterocycles. The molecule has 0 aliphatic heterocycles. The van der Waals surface area contributed by atoms with Crippen LogP contribution in [0.15, 0.2) is 24.3 Å². The zero-order valence-electron chi connectivity index (χ0n) is 31.6. The number of hydrogen-bond donors (Lipinski definition) is 1. The van der Waals surface area contributed by atoms with Crippen molar-refractivity contribution in [3.8, 4) is 0 Å². The fourth-order valence-corrected chi connectivity index (χ4v) is 3.98. The van der Waals surface area contributed by atoms with Crippen molar-refractivity contribution in [3.63, 3.8) is 0 Å². The van der Waals surface area contributed by atoms with Gasteiger partial charge in [-0.3, -0.25) is 4.79 Å². The van der Waals surface area contributed by atoms with Gasteiger partial charge in [-0.2, -0.15) is 0 Å². The number of rotatable bonds is 40. The Kier molecular flexibility index (Phi) is 35.0. The molecular weight excluding hydrogens is 682 g/mol. The second kappa shape index (κ2) is 38.3. The molecule has 0 saturated carbocycles. The second-order valence-corrected chi connectivity index (χ2v) is 11.1. The van der Waals surface area contributed by atoms with Crippen LogP contribution in [0.25, 0.3) is 0 Å². The standard InChI is InChI=1S/C37H65NO14/c1-3-5-11-38-35-9-7-34(8-10-35)37(40)52-33-31-50-29-27-48-25-23-46-21-19-44-17-15-42-13-12-41-14-16-43-18-20-45-22-24-47-26-28-49-30-32-51-36(39)6-4-2/h7-10,38H,3-6,11-33H2,1-2H3. The molecule has 0 amide bonds. The molecule has 1 aromatic rings. The third kappa shape index (κ3) is 32.2. The molecule has 302 valence electrons. The molecule has 0 aliphatic carbocycles. The number of nitrogens with one attached hydrogen (secondary N) is 1. The highest BCUT2D eigenvalue weighted by Gasteiger charge is 2.07. The average Bonchev–Trinajstić information content (AvgIpc) is 3.15. The molecule has 0 unspecified atom stereocenters. The molecule has 1 rings (SSSR count). The molecule has 52 heavy (non-hydrogen) atoms. The molecular formula is C37H65NO14. The van der Waals surface area contributed by atoms with Gasteiger partial charge in [0.15, 0.2) is 0 Å². The Morgan fingerprint density at radius 3 is 1.10 bits per heavy atom. The van der Waals surface area contributed by atoms with Crippen LogP contribution in [0.4, 0.5) is 5.69 Å². The molecule has 0 radical (unpaired) electrons. The molecule has 0 spiro atoms.